The summed E-state index contributed by atoms with van der Waals surface area (Å²) in [7, 11) is -0.690. The SMILES string of the molecule is COc1ccc(OC)c(CNS(=O)(=O)c2ccc3[nH]c(=O)sc3c2)c1. The smallest absolute Gasteiger partial charge is 0.305 e. The highest BCUT2D eigenvalue weighted by Gasteiger charge is 2.16. The molecule has 1 aromatic heterocycles. The number of methoxy groups -OCH3 is 2. The maximum Gasteiger partial charge on any atom is 0.305 e. The Hall–Kier alpha value is -2.36. The van der Waals surface area contributed by atoms with Crippen LogP contribution in [0.5, 0.6) is 11.5 Å². The Morgan fingerprint density at radius 3 is 2.64 bits per heavy atom. The summed E-state index contributed by atoms with van der Waals surface area (Å²) >= 11 is 0.968. The first kappa shape index (κ1) is 17.5. The average Bonchev–Trinajstić information content (AvgIpc) is 2.98. The van der Waals surface area contributed by atoms with Crippen LogP contribution in [0.1, 0.15) is 5.56 Å². The van der Waals surface area contributed by atoms with Crippen molar-refractivity contribution in [2.45, 2.75) is 11.4 Å². The van der Waals surface area contributed by atoms with Gasteiger partial charge in [0.05, 0.1) is 29.3 Å². The fourth-order valence-electron chi connectivity index (χ4n) is 2.37. The lowest BCUT2D eigenvalue weighted by atomic mass is 10.2. The number of hydrogen-bond donors (Lipinski definition) is 2. The fraction of sp³-hybridized carbons (Fsp3) is 0.188. The molecule has 0 spiro atoms. The van der Waals surface area contributed by atoms with Crippen LogP contribution < -0.4 is 19.1 Å². The molecule has 132 valence electrons. The van der Waals surface area contributed by atoms with Gasteiger partial charge in [0.2, 0.25) is 10.0 Å². The predicted octanol–water partition coefficient (Wildman–Crippen LogP) is 2.09. The number of aromatic nitrogens is 1. The van der Waals surface area contributed by atoms with Crippen molar-refractivity contribution in [3.05, 3.63) is 51.6 Å². The minimum absolute atomic E-state index is 0.0457. The van der Waals surface area contributed by atoms with Crippen molar-refractivity contribution in [3.8, 4) is 11.5 Å². The first-order chi connectivity index (χ1) is 11.9. The number of rotatable bonds is 6. The van der Waals surface area contributed by atoms with Gasteiger partial charge in [-0.15, -0.1) is 0 Å². The van der Waals surface area contributed by atoms with E-state index in [-0.39, 0.29) is 16.3 Å². The Kier molecular flexibility index (Phi) is 4.80. The number of aromatic amines is 1. The fourth-order valence-corrected chi connectivity index (χ4v) is 4.25. The molecule has 0 amide bonds. The summed E-state index contributed by atoms with van der Waals surface area (Å²) in [6.07, 6.45) is 0. The summed E-state index contributed by atoms with van der Waals surface area (Å²) in [6.45, 7) is 0.0457. The van der Waals surface area contributed by atoms with Crippen LogP contribution in [-0.4, -0.2) is 27.6 Å². The molecule has 1 heterocycles. The van der Waals surface area contributed by atoms with Crippen LogP contribution in [0, 0.1) is 0 Å². The second-order valence-corrected chi connectivity index (χ2v) is 7.96. The molecular formula is C16H16N2O5S2. The van der Waals surface area contributed by atoms with Gasteiger partial charge in [-0.3, -0.25) is 4.79 Å². The lowest BCUT2D eigenvalue weighted by Gasteiger charge is -2.12. The number of fused-ring (bicyclic) bond motifs is 1. The van der Waals surface area contributed by atoms with Crippen LogP contribution in [-0.2, 0) is 16.6 Å². The maximum atomic E-state index is 12.5. The van der Waals surface area contributed by atoms with Crippen molar-refractivity contribution in [3.63, 3.8) is 0 Å². The first-order valence-electron chi connectivity index (χ1n) is 7.26. The molecule has 0 saturated carbocycles. The Labute approximate surface area is 148 Å². The van der Waals surface area contributed by atoms with E-state index >= 15 is 0 Å². The lowest BCUT2D eigenvalue weighted by Crippen LogP contribution is -2.23. The van der Waals surface area contributed by atoms with E-state index in [1.807, 2.05) is 0 Å². The highest BCUT2D eigenvalue weighted by atomic mass is 32.2. The lowest BCUT2D eigenvalue weighted by molar-refractivity contribution is 0.398. The van der Waals surface area contributed by atoms with Gasteiger partial charge in [-0.1, -0.05) is 11.3 Å². The number of thiazole rings is 1. The van der Waals surface area contributed by atoms with Gasteiger partial charge in [0, 0.05) is 12.1 Å². The van der Waals surface area contributed by atoms with Crippen molar-refractivity contribution in [1.29, 1.82) is 0 Å². The zero-order valence-electron chi connectivity index (χ0n) is 13.5. The Bertz CT molecular complexity index is 1070. The van der Waals surface area contributed by atoms with Gasteiger partial charge in [-0.2, -0.15) is 0 Å². The van der Waals surface area contributed by atoms with E-state index in [4.69, 9.17) is 9.47 Å². The third kappa shape index (κ3) is 3.68. The van der Waals surface area contributed by atoms with Crippen molar-refractivity contribution in [1.82, 2.24) is 9.71 Å². The second-order valence-electron chi connectivity index (χ2n) is 5.17. The van der Waals surface area contributed by atoms with Gasteiger partial charge in [0.25, 0.3) is 0 Å². The zero-order chi connectivity index (χ0) is 18.0. The van der Waals surface area contributed by atoms with Gasteiger partial charge in [0.1, 0.15) is 11.5 Å². The summed E-state index contributed by atoms with van der Waals surface area (Å²) in [5, 5.41) is 0. The minimum atomic E-state index is -3.74. The minimum Gasteiger partial charge on any atom is -0.497 e. The molecule has 2 aromatic carbocycles. The van der Waals surface area contributed by atoms with Crippen molar-refractivity contribution in [2.75, 3.05) is 14.2 Å². The molecule has 0 fully saturated rings. The van der Waals surface area contributed by atoms with E-state index in [1.54, 1.807) is 24.3 Å². The monoisotopic (exact) mass is 380 g/mol. The van der Waals surface area contributed by atoms with Crippen LogP contribution in [0.3, 0.4) is 0 Å². The number of benzene rings is 2. The molecule has 3 rings (SSSR count). The molecule has 0 atom stereocenters. The highest BCUT2D eigenvalue weighted by molar-refractivity contribution is 7.89. The number of sulfonamides is 1. The van der Waals surface area contributed by atoms with E-state index in [1.165, 1.54) is 26.4 Å². The van der Waals surface area contributed by atoms with E-state index in [0.29, 0.717) is 27.3 Å². The van der Waals surface area contributed by atoms with E-state index in [9.17, 15) is 13.2 Å². The molecule has 0 aliphatic heterocycles. The quantitative estimate of drug-likeness (QED) is 0.682. The van der Waals surface area contributed by atoms with Gasteiger partial charge in [-0.25, -0.2) is 13.1 Å². The Balaban J connectivity index is 1.87. The molecule has 0 unspecified atom stereocenters. The highest BCUT2D eigenvalue weighted by Crippen LogP contribution is 2.25. The van der Waals surface area contributed by atoms with Gasteiger partial charge < -0.3 is 14.5 Å². The van der Waals surface area contributed by atoms with E-state index < -0.39 is 10.0 Å². The summed E-state index contributed by atoms with van der Waals surface area (Å²) in [4.78, 5) is 13.9. The summed E-state index contributed by atoms with van der Waals surface area (Å²) in [5.41, 5.74) is 1.27. The molecule has 25 heavy (non-hydrogen) atoms. The number of H-pyrrole nitrogens is 1. The van der Waals surface area contributed by atoms with E-state index in [2.05, 4.69) is 9.71 Å². The van der Waals surface area contributed by atoms with E-state index in [0.717, 1.165) is 11.3 Å². The molecule has 0 aliphatic rings. The molecule has 2 N–H and O–H groups in total. The van der Waals surface area contributed by atoms with Crippen LogP contribution in [0.2, 0.25) is 0 Å². The average molecular weight is 380 g/mol. The zero-order valence-corrected chi connectivity index (χ0v) is 15.2. The summed E-state index contributed by atoms with van der Waals surface area (Å²) < 4.78 is 38.6. The first-order valence-corrected chi connectivity index (χ1v) is 9.56. The molecule has 0 saturated heterocycles. The number of hydrogen-bond acceptors (Lipinski definition) is 6. The summed E-state index contributed by atoms with van der Waals surface area (Å²) in [5.74, 6) is 1.16. The molecule has 3 aromatic rings. The molecule has 0 bridgehead atoms. The standard InChI is InChI=1S/C16H16N2O5S2/c1-22-11-3-6-14(23-2)10(7-11)9-17-25(20,21)12-4-5-13-15(8-12)24-16(19)18-13/h3-8,17H,9H2,1-2H3,(H,18,19). The number of ether oxygens (including phenoxy) is 2. The summed E-state index contributed by atoms with van der Waals surface area (Å²) in [6, 6.07) is 9.67. The largest absolute Gasteiger partial charge is 0.497 e. The van der Waals surface area contributed by atoms with Gasteiger partial charge in [-0.05, 0) is 36.4 Å². The van der Waals surface area contributed by atoms with Crippen LogP contribution in [0.25, 0.3) is 10.2 Å². The van der Waals surface area contributed by atoms with Crippen LogP contribution in [0.4, 0.5) is 0 Å². The molecule has 9 heteroatoms. The van der Waals surface area contributed by atoms with Gasteiger partial charge in [0.15, 0.2) is 0 Å². The maximum absolute atomic E-state index is 12.5. The normalized spacial score (nSPS) is 11.6. The second kappa shape index (κ2) is 6.87. The molecule has 0 aliphatic carbocycles. The topological polar surface area (TPSA) is 97.5 Å². The predicted molar refractivity (Wildman–Crippen MR) is 96.0 cm³/mol. The molecule has 0 radical (unpaired) electrons. The van der Waals surface area contributed by atoms with Crippen LogP contribution >= 0.6 is 11.3 Å². The third-order valence-electron chi connectivity index (χ3n) is 3.64. The Morgan fingerprint density at radius 2 is 1.92 bits per heavy atom. The Morgan fingerprint density at radius 1 is 1.12 bits per heavy atom. The van der Waals surface area contributed by atoms with Crippen molar-refractivity contribution < 1.29 is 17.9 Å². The van der Waals surface area contributed by atoms with Crippen molar-refractivity contribution in [2.24, 2.45) is 0 Å². The van der Waals surface area contributed by atoms with Gasteiger partial charge >= 0.3 is 4.87 Å². The van der Waals surface area contributed by atoms with Crippen LogP contribution in [0.15, 0.2) is 46.1 Å². The van der Waals surface area contributed by atoms with Crippen molar-refractivity contribution >= 4 is 31.6 Å². The molecular weight excluding hydrogens is 364 g/mol. The molecule has 7 nitrogen and oxygen atoms in total. The number of nitrogens with one attached hydrogen (secondary N) is 2. The third-order valence-corrected chi connectivity index (χ3v) is 5.89.